The molecule has 6 nitrogen and oxygen atoms in total. The fourth-order valence-electron chi connectivity index (χ4n) is 3.18. The maximum absolute atomic E-state index is 12.3. The third-order valence-corrected chi connectivity index (χ3v) is 4.42. The number of rotatable bonds is 3. The van der Waals surface area contributed by atoms with E-state index < -0.39 is 0 Å². The summed E-state index contributed by atoms with van der Waals surface area (Å²) in [7, 11) is 0. The molecule has 0 aliphatic carbocycles. The zero-order valence-electron chi connectivity index (χ0n) is 14.2. The quantitative estimate of drug-likeness (QED) is 0.760. The maximum atomic E-state index is 12.3. The maximum Gasteiger partial charge on any atom is 0.323 e. The van der Waals surface area contributed by atoms with Gasteiger partial charge < -0.3 is 15.5 Å². The summed E-state index contributed by atoms with van der Waals surface area (Å²) < 4.78 is 0. The Morgan fingerprint density at radius 2 is 1.88 bits per heavy atom. The van der Waals surface area contributed by atoms with Crippen LogP contribution in [-0.4, -0.2) is 22.5 Å². The van der Waals surface area contributed by atoms with E-state index in [1.54, 1.807) is 18.6 Å². The number of nitrogens with zero attached hydrogens (tertiary/aromatic N) is 3. The average Bonchev–Trinajstić information content (AvgIpc) is 2.69. The minimum Gasteiger partial charge on any atom is -0.351 e. The summed E-state index contributed by atoms with van der Waals surface area (Å²) in [5.74, 6) is 0.873. The monoisotopic (exact) mass is 345 g/mol. The van der Waals surface area contributed by atoms with Crippen molar-refractivity contribution < 1.29 is 4.79 Å². The van der Waals surface area contributed by atoms with Crippen molar-refractivity contribution >= 4 is 23.2 Å². The number of para-hydroxylation sites is 1. The minimum atomic E-state index is -0.235. The SMILES string of the molecule is O=C(Nc1ccccc1)Nc1cccc2c1CCN(c1cnccn1)C2. The van der Waals surface area contributed by atoms with Crippen molar-refractivity contribution in [3.63, 3.8) is 0 Å². The Kier molecular flexibility index (Phi) is 4.47. The molecule has 2 amide bonds. The first-order chi connectivity index (χ1) is 12.8. The lowest BCUT2D eigenvalue weighted by Crippen LogP contribution is -2.32. The van der Waals surface area contributed by atoms with Gasteiger partial charge in [0.25, 0.3) is 0 Å². The summed E-state index contributed by atoms with van der Waals surface area (Å²) in [6.45, 7) is 1.59. The molecule has 0 radical (unpaired) electrons. The fourth-order valence-corrected chi connectivity index (χ4v) is 3.18. The number of amides is 2. The fraction of sp³-hybridized carbons (Fsp3) is 0.150. The lowest BCUT2D eigenvalue weighted by atomic mass is 9.98. The van der Waals surface area contributed by atoms with Crippen LogP contribution in [0.5, 0.6) is 0 Å². The van der Waals surface area contributed by atoms with E-state index in [4.69, 9.17) is 0 Å². The molecule has 26 heavy (non-hydrogen) atoms. The van der Waals surface area contributed by atoms with Crippen LogP contribution in [0.3, 0.4) is 0 Å². The smallest absolute Gasteiger partial charge is 0.323 e. The van der Waals surface area contributed by atoms with Crippen molar-refractivity contribution in [1.82, 2.24) is 9.97 Å². The number of hydrogen-bond donors (Lipinski definition) is 2. The molecule has 130 valence electrons. The Morgan fingerprint density at radius 3 is 2.69 bits per heavy atom. The summed E-state index contributed by atoms with van der Waals surface area (Å²) in [5, 5.41) is 5.83. The molecule has 4 rings (SSSR count). The van der Waals surface area contributed by atoms with E-state index in [0.717, 1.165) is 36.7 Å². The highest BCUT2D eigenvalue weighted by molar-refractivity contribution is 6.00. The molecule has 1 aliphatic heterocycles. The van der Waals surface area contributed by atoms with Crippen LogP contribution < -0.4 is 15.5 Å². The Balaban J connectivity index is 1.49. The second kappa shape index (κ2) is 7.23. The van der Waals surface area contributed by atoms with Crippen LogP contribution >= 0.6 is 0 Å². The van der Waals surface area contributed by atoms with Crippen molar-refractivity contribution in [2.24, 2.45) is 0 Å². The van der Waals surface area contributed by atoms with E-state index >= 15 is 0 Å². The van der Waals surface area contributed by atoms with Gasteiger partial charge in [0.1, 0.15) is 5.82 Å². The van der Waals surface area contributed by atoms with Crippen molar-refractivity contribution in [3.8, 4) is 0 Å². The first-order valence-corrected chi connectivity index (χ1v) is 8.54. The first kappa shape index (κ1) is 16.1. The zero-order chi connectivity index (χ0) is 17.8. The number of urea groups is 1. The van der Waals surface area contributed by atoms with Crippen LogP contribution in [0.4, 0.5) is 22.0 Å². The molecule has 2 N–H and O–H groups in total. The first-order valence-electron chi connectivity index (χ1n) is 8.54. The molecule has 0 fully saturated rings. The standard InChI is InChI=1S/C20H19N5O/c26-20(23-16-6-2-1-3-7-16)24-18-8-4-5-15-14-25(12-9-17(15)18)19-13-21-10-11-22-19/h1-8,10-11,13H,9,12,14H2,(H2,23,24,26). The van der Waals surface area contributed by atoms with Crippen molar-refractivity contribution in [2.75, 3.05) is 22.1 Å². The van der Waals surface area contributed by atoms with Gasteiger partial charge in [-0.15, -0.1) is 0 Å². The highest BCUT2D eigenvalue weighted by Gasteiger charge is 2.20. The van der Waals surface area contributed by atoms with Gasteiger partial charge in [-0.05, 0) is 35.7 Å². The van der Waals surface area contributed by atoms with Crippen molar-refractivity contribution in [3.05, 3.63) is 78.2 Å². The van der Waals surface area contributed by atoms with Crippen LogP contribution in [0, 0.1) is 0 Å². The molecule has 0 spiro atoms. The molecule has 2 heterocycles. The molecule has 1 aromatic heterocycles. The second-order valence-corrected chi connectivity index (χ2v) is 6.12. The Bertz CT molecular complexity index is 899. The number of hydrogen-bond acceptors (Lipinski definition) is 4. The molecule has 0 bridgehead atoms. The van der Waals surface area contributed by atoms with Gasteiger partial charge in [0.05, 0.1) is 6.20 Å². The number of carbonyl (C=O) groups is 1. The van der Waals surface area contributed by atoms with Gasteiger partial charge in [0.15, 0.2) is 0 Å². The molecule has 0 saturated heterocycles. The summed E-state index contributed by atoms with van der Waals surface area (Å²) >= 11 is 0. The topological polar surface area (TPSA) is 70.2 Å². The van der Waals surface area contributed by atoms with Crippen LogP contribution in [0.15, 0.2) is 67.1 Å². The number of nitrogens with one attached hydrogen (secondary N) is 2. The number of fused-ring (bicyclic) bond motifs is 1. The third-order valence-electron chi connectivity index (χ3n) is 4.42. The number of anilines is 3. The van der Waals surface area contributed by atoms with E-state index in [1.807, 2.05) is 42.5 Å². The summed E-state index contributed by atoms with van der Waals surface area (Å²) in [6.07, 6.45) is 6.00. The number of aromatic nitrogens is 2. The Morgan fingerprint density at radius 1 is 1.00 bits per heavy atom. The normalized spacial score (nSPS) is 13.0. The van der Waals surface area contributed by atoms with E-state index in [-0.39, 0.29) is 6.03 Å². The lowest BCUT2D eigenvalue weighted by molar-refractivity contribution is 0.262. The van der Waals surface area contributed by atoms with Crippen LogP contribution in [0.25, 0.3) is 0 Å². The average molecular weight is 345 g/mol. The van der Waals surface area contributed by atoms with Crippen molar-refractivity contribution in [1.29, 1.82) is 0 Å². The van der Waals surface area contributed by atoms with Crippen LogP contribution in [-0.2, 0) is 13.0 Å². The number of benzene rings is 2. The van der Waals surface area contributed by atoms with Crippen molar-refractivity contribution in [2.45, 2.75) is 13.0 Å². The highest BCUT2D eigenvalue weighted by atomic mass is 16.2. The zero-order valence-corrected chi connectivity index (χ0v) is 14.2. The van der Waals surface area contributed by atoms with Gasteiger partial charge in [-0.2, -0.15) is 0 Å². The van der Waals surface area contributed by atoms with Crippen LogP contribution in [0.1, 0.15) is 11.1 Å². The molecule has 0 saturated carbocycles. The van der Waals surface area contributed by atoms with E-state index in [2.05, 4.69) is 31.6 Å². The van der Waals surface area contributed by atoms with Gasteiger partial charge in [0, 0.05) is 36.9 Å². The molecule has 0 atom stereocenters. The third kappa shape index (κ3) is 3.49. The predicted octanol–water partition coefficient (Wildman–Crippen LogP) is 3.68. The van der Waals surface area contributed by atoms with Gasteiger partial charge in [-0.3, -0.25) is 4.98 Å². The van der Waals surface area contributed by atoms with E-state index in [9.17, 15) is 4.79 Å². The largest absolute Gasteiger partial charge is 0.351 e. The molecule has 3 aromatic rings. The molecule has 1 aliphatic rings. The molecule has 0 unspecified atom stereocenters. The van der Waals surface area contributed by atoms with Crippen LogP contribution in [0.2, 0.25) is 0 Å². The van der Waals surface area contributed by atoms with Gasteiger partial charge in [0.2, 0.25) is 0 Å². The molecule has 2 aromatic carbocycles. The lowest BCUT2D eigenvalue weighted by Gasteiger charge is -2.30. The Labute approximate surface area is 151 Å². The summed E-state index contributed by atoms with van der Waals surface area (Å²) in [4.78, 5) is 23.0. The molecular formula is C20H19N5O. The second-order valence-electron chi connectivity index (χ2n) is 6.12. The van der Waals surface area contributed by atoms with Gasteiger partial charge in [-0.1, -0.05) is 30.3 Å². The number of carbonyl (C=O) groups excluding carboxylic acids is 1. The molecule has 6 heteroatoms. The van der Waals surface area contributed by atoms with Gasteiger partial charge in [-0.25, -0.2) is 9.78 Å². The predicted molar refractivity (Wildman–Crippen MR) is 102 cm³/mol. The van der Waals surface area contributed by atoms with E-state index in [1.165, 1.54) is 11.1 Å². The van der Waals surface area contributed by atoms with E-state index in [0.29, 0.717) is 0 Å². The van der Waals surface area contributed by atoms with Gasteiger partial charge >= 0.3 is 6.03 Å². The summed E-state index contributed by atoms with van der Waals surface area (Å²) in [6, 6.07) is 15.2. The molecular weight excluding hydrogens is 326 g/mol. The highest BCUT2D eigenvalue weighted by Crippen LogP contribution is 2.28. The Hall–Kier alpha value is -3.41. The summed E-state index contributed by atoms with van der Waals surface area (Å²) in [5.41, 5.74) is 3.99. The minimum absolute atomic E-state index is 0.235.